The molecule has 0 saturated carbocycles. The molecule has 0 atom stereocenters. The van der Waals surface area contributed by atoms with Crippen molar-refractivity contribution in [2.45, 2.75) is 32.2 Å². The molecule has 0 unspecified atom stereocenters. The van der Waals surface area contributed by atoms with E-state index in [2.05, 4.69) is 5.32 Å². The summed E-state index contributed by atoms with van der Waals surface area (Å²) in [7, 11) is 1.63. The molecule has 2 heterocycles. The number of hydrogen-bond acceptors (Lipinski definition) is 3. The lowest BCUT2D eigenvalue weighted by Crippen LogP contribution is -2.39. The molecule has 5 nitrogen and oxygen atoms in total. The van der Waals surface area contributed by atoms with E-state index in [0.29, 0.717) is 18.5 Å². The van der Waals surface area contributed by atoms with E-state index in [4.69, 9.17) is 4.74 Å². The summed E-state index contributed by atoms with van der Waals surface area (Å²) in [4.78, 5) is 26.7. The van der Waals surface area contributed by atoms with Crippen LogP contribution in [0.15, 0.2) is 36.4 Å². The van der Waals surface area contributed by atoms with Crippen LogP contribution in [0.3, 0.4) is 0 Å². The Kier molecular flexibility index (Phi) is 4.37. The van der Waals surface area contributed by atoms with Gasteiger partial charge in [0.1, 0.15) is 5.75 Å². The number of carbonyl (C=O) groups is 2. The van der Waals surface area contributed by atoms with Crippen LogP contribution >= 0.6 is 0 Å². The standard InChI is InChI=1S/C21H22N2O3/c1-26-18-7-4-14(5-8-18)13-22-21(25)17-11-15-3-2-10-23-19(24)9-6-16(12-17)20(15)23/h4-5,7-8,11-12H,2-3,6,9-10,13H2,1H3,(H,22,25). The topological polar surface area (TPSA) is 58.6 Å². The highest BCUT2D eigenvalue weighted by molar-refractivity contribution is 6.00. The van der Waals surface area contributed by atoms with Gasteiger partial charge in [0, 0.05) is 25.1 Å². The second-order valence-electron chi connectivity index (χ2n) is 6.82. The van der Waals surface area contributed by atoms with Crippen LogP contribution in [-0.2, 0) is 24.2 Å². The molecule has 0 radical (unpaired) electrons. The molecule has 4 rings (SSSR count). The van der Waals surface area contributed by atoms with Gasteiger partial charge in [-0.3, -0.25) is 9.59 Å². The van der Waals surface area contributed by atoms with Crippen LogP contribution in [0.1, 0.15) is 39.9 Å². The summed E-state index contributed by atoms with van der Waals surface area (Å²) >= 11 is 0. The van der Waals surface area contributed by atoms with Gasteiger partial charge < -0.3 is 15.0 Å². The van der Waals surface area contributed by atoms with E-state index in [1.165, 1.54) is 0 Å². The van der Waals surface area contributed by atoms with Crippen molar-refractivity contribution in [1.82, 2.24) is 5.32 Å². The second-order valence-corrected chi connectivity index (χ2v) is 6.82. The number of hydrogen-bond donors (Lipinski definition) is 1. The minimum atomic E-state index is -0.0751. The maximum atomic E-state index is 12.6. The first-order valence-electron chi connectivity index (χ1n) is 9.03. The summed E-state index contributed by atoms with van der Waals surface area (Å²) < 4.78 is 5.15. The highest BCUT2D eigenvalue weighted by Crippen LogP contribution is 2.36. The van der Waals surface area contributed by atoms with Crippen LogP contribution in [0.5, 0.6) is 5.75 Å². The minimum Gasteiger partial charge on any atom is -0.497 e. The smallest absolute Gasteiger partial charge is 0.251 e. The van der Waals surface area contributed by atoms with Gasteiger partial charge in [-0.05, 0) is 60.2 Å². The van der Waals surface area contributed by atoms with Crippen LogP contribution in [-0.4, -0.2) is 25.5 Å². The average molecular weight is 350 g/mol. The van der Waals surface area contributed by atoms with Crippen LogP contribution in [0, 0.1) is 0 Å². The van der Waals surface area contributed by atoms with Crippen molar-refractivity contribution in [3.63, 3.8) is 0 Å². The zero-order valence-electron chi connectivity index (χ0n) is 14.9. The summed E-state index contributed by atoms with van der Waals surface area (Å²) in [5.74, 6) is 0.928. The Labute approximate surface area is 153 Å². The molecule has 0 aromatic heterocycles. The molecular formula is C21H22N2O3. The van der Waals surface area contributed by atoms with Crippen molar-refractivity contribution < 1.29 is 14.3 Å². The van der Waals surface area contributed by atoms with E-state index in [0.717, 1.165) is 53.9 Å². The molecule has 2 aliphatic heterocycles. The van der Waals surface area contributed by atoms with Crippen molar-refractivity contribution in [3.05, 3.63) is 58.7 Å². The summed E-state index contributed by atoms with van der Waals surface area (Å²) in [6, 6.07) is 11.6. The van der Waals surface area contributed by atoms with Gasteiger partial charge in [0.25, 0.3) is 5.91 Å². The lowest BCUT2D eigenvalue weighted by atomic mass is 9.89. The van der Waals surface area contributed by atoms with Crippen molar-refractivity contribution in [2.75, 3.05) is 18.6 Å². The van der Waals surface area contributed by atoms with E-state index in [9.17, 15) is 9.59 Å². The van der Waals surface area contributed by atoms with Crippen molar-refractivity contribution in [3.8, 4) is 5.75 Å². The summed E-state index contributed by atoms with van der Waals surface area (Å²) in [5.41, 5.74) is 5.01. The molecule has 0 bridgehead atoms. The lowest BCUT2D eigenvalue weighted by molar-refractivity contribution is -0.119. The fourth-order valence-corrected chi connectivity index (χ4v) is 3.81. The Morgan fingerprint density at radius 3 is 2.58 bits per heavy atom. The van der Waals surface area contributed by atoms with E-state index in [1.54, 1.807) is 7.11 Å². The van der Waals surface area contributed by atoms with Crippen LogP contribution in [0.25, 0.3) is 0 Å². The van der Waals surface area contributed by atoms with Gasteiger partial charge in [-0.1, -0.05) is 12.1 Å². The fourth-order valence-electron chi connectivity index (χ4n) is 3.81. The number of anilines is 1. The molecule has 2 aromatic rings. The SMILES string of the molecule is COc1ccc(CNC(=O)c2cc3c4c(c2)CCC(=O)N4CCC3)cc1. The summed E-state index contributed by atoms with van der Waals surface area (Å²) in [5, 5.41) is 2.99. The molecule has 1 N–H and O–H groups in total. The quantitative estimate of drug-likeness (QED) is 0.922. The van der Waals surface area contributed by atoms with E-state index in [-0.39, 0.29) is 11.8 Å². The Morgan fingerprint density at radius 2 is 1.85 bits per heavy atom. The van der Waals surface area contributed by atoms with Gasteiger partial charge in [0.15, 0.2) is 0 Å². The molecule has 0 spiro atoms. The third kappa shape index (κ3) is 3.05. The number of aryl methyl sites for hydroxylation is 2. The van der Waals surface area contributed by atoms with Gasteiger partial charge in [-0.2, -0.15) is 0 Å². The first-order chi connectivity index (χ1) is 12.7. The molecule has 26 heavy (non-hydrogen) atoms. The van der Waals surface area contributed by atoms with Gasteiger partial charge in [0.05, 0.1) is 12.8 Å². The van der Waals surface area contributed by atoms with Crippen molar-refractivity contribution >= 4 is 17.5 Å². The van der Waals surface area contributed by atoms with Crippen LogP contribution in [0.4, 0.5) is 5.69 Å². The molecule has 2 amide bonds. The average Bonchev–Trinajstić information content (AvgIpc) is 2.69. The third-order valence-electron chi connectivity index (χ3n) is 5.15. The number of nitrogens with one attached hydrogen (secondary N) is 1. The van der Waals surface area contributed by atoms with Crippen LogP contribution in [0.2, 0.25) is 0 Å². The zero-order chi connectivity index (χ0) is 18.1. The number of amides is 2. The Hall–Kier alpha value is -2.82. The Bertz CT molecular complexity index is 841. The highest BCUT2D eigenvalue weighted by Gasteiger charge is 2.30. The first kappa shape index (κ1) is 16.6. The molecule has 0 aliphatic carbocycles. The molecule has 2 aliphatic rings. The summed E-state index contributed by atoms with van der Waals surface area (Å²) in [6.45, 7) is 1.27. The Morgan fingerprint density at radius 1 is 1.12 bits per heavy atom. The van der Waals surface area contributed by atoms with Gasteiger partial charge in [-0.25, -0.2) is 0 Å². The maximum Gasteiger partial charge on any atom is 0.251 e. The Balaban J connectivity index is 1.52. The second kappa shape index (κ2) is 6.83. The lowest BCUT2D eigenvalue weighted by Gasteiger charge is -2.35. The third-order valence-corrected chi connectivity index (χ3v) is 5.15. The first-order valence-corrected chi connectivity index (χ1v) is 9.03. The molecular weight excluding hydrogens is 328 g/mol. The number of rotatable bonds is 4. The number of methoxy groups -OCH3 is 1. The molecule has 0 fully saturated rings. The molecule has 5 heteroatoms. The minimum absolute atomic E-state index is 0.0751. The van der Waals surface area contributed by atoms with Gasteiger partial charge >= 0.3 is 0 Å². The highest BCUT2D eigenvalue weighted by atomic mass is 16.5. The molecule has 134 valence electrons. The van der Waals surface area contributed by atoms with Crippen LogP contribution < -0.4 is 15.0 Å². The largest absolute Gasteiger partial charge is 0.497 e. The van der Waals surface area contributed by atoms with Crippen molar-refractivity contribution in [1.29, 1.82) is 0 Å². The number of nitrogens with zero attached hydrogens (tertiary/aromatic N) is 1. The fraction of sp³-hybridized carbons (Fsp3) is 0.333. The summed E-state index contributed by atoms with van der Waals surface area (Å²) in [6.07, 6.45) is 3.13. The normalized spacial score (nSPS) is 15.4. The number of ether oxygens (including phenoxy) is 1. The predicted octanol–water partition coefficient (Wildman–Crippen LogP) is 2.85. The van der Waals surface area contributed by atoms with E-state index in [1.807, 2.05) is 41.3 Å². The zero-order valence-corrected chi connectivity index (χ0v) is 14.9. The van der Waals surface area contributed by atoms with Crippen molar-refractivity contribution in [2.24, 2.45) is 0 Å². The monoisotopic (exact) mass is 350 g/mol. The van der Waals surface area contributed by atoms with E-state index >= 15 is 0 Å². The van der Waals surface area contributed by atoms with Gasteiger partial charge in [-0.15, -0.1) is 0 Å². The predicted molar refractivity (Wildman–Crippen MR) is 99.6 cm³/mol. The maximum absolute atomic E-state index is 12.6. The molecule has 2 aromatic carbocycles. The van der Waals surface area contributed by atoms with E-state index < -0.39 is 0 Å². The molecule has 0 saturated heterocycles. The number of benzene rings is 2. The number of carbonyl (C=O) groups excluding carboxylic acids is 2. The van der Waals surface area contributed by atoms with Gasteiger partial charge in [0.2, 0.25) is 5.91 Å².